The molecule has 1 aliphatic rings. The fourth-order valence-electron chi connectivity index (χ4n) is 2.87. The van der Waals surface area contributed by atoms with E-state index in [1.165, 1.54) is 0 Å². The van der Waals surface area contributed by atoms with Crippen LogP contribution in [0, 0.1) is 5.92 Å². The number of pyridine rings is 1. The third-order valence-corrected chi connectivity index (χ3v) is 4.13. The average molecular weight is 290 g/mol. The van der Waals surface area contributed by atoms with E-state index >= 15 is 0 Å². The largest absolute Gasteiger partial charge is 0.357 e. The maximum absolute atomic E-state index is 12.0. The van der Waals surface area contributed by atoms with Gasteiger partial charge >= 0.3 is 0 Å². The normalized spacial score (nSPS) is 16.0. The van der Waals surface area contributed by atoms with Gasteiger partial charge in [0.25, 0.3) is 0 Å². The average Bonchev–Trinajstić information content (AvgIpc) is 2.54. The molecule has 0 aliphatic carbocycles. The summed E-state index contributed by atoms with van der Waals surface area (Å²) < 4.78 is 0. The van der Waals surface area contributed by atoms with Crippen molar-refractivity contribution in [1.29, 1.82) is 0 Å². The lowest BCUT2D eigenvalue weighted by Gasteiger charge is -2.35. The highest BCUT2D eigenvalue weighted by atomic mass is 16.2. The van der Waals surface area contributed by atoms with Crippen LogP contribution < -0.4 is 10.2 Å². The number of amides is 1. The molecule has 1 amide bonds. The molecule has 5 heteroatoms. The van der Waals surface area contributed by atoms with E-state index < -0.39 is 0 Å². The van der Waals surface area contributed by atoms with Crippen molar-refractivity contribution in [3.05, 3.63) is 24.4 Å². The number of nitrogens with zero attached hydrogens (tertiary/aromatic N) is 3. The fourth-order valence-corrected chi connectivity index (χ4v) is 2.87. The first kappa shape index (κ1) is 15.8. The first-order valence-electron chi connectivity index (χ1n) is 7.83. The maximum atomic E-state index is 12.0. The van der Waals surface area contributed by atoms with Crippen LogP contribution in [-0.4, -0.2) is 55.6 Å². The summed E-state index contributed by atoms with van der Waals surface area (Å²) in [5.41, 5.74) is 0. The summed E-state index contributed by atoms with van der Waals surface area (Å²) in [7, 11) is 1.82. The molecule has 0 spiro atoms. The standard InChI is InChI=1S/C16H26N4O/c1-3-19(16(21)12-17-2)13-14-7-10-20(11-8-14)15-6-4-5-9-18-15/h4-6,9,14,17H,3,7-8,10-13H2,1-2H3. The minimum absolute atomic E-state index is 0.201. The SMILES string of the molecule is CCN(CC1CCN(c2ccccn2)CC1)C(=O)CNC. The predicted molar refractivity (Wildman–Crippen MR) is 85.4 cm³/mol. The quantitative estimate of drug-likeness (QED) is 0.859. The van der Waals surface area contributed by atoms with Crippen molar-refractivity contribution in [2.75, 3.05) is 44.7 Å². The number of piperidine rings is 1. The van der Waals surface area contributed by atoms with Crippen molar-refractivity contribution in [2.24, 2.45) is 5.92 Å². The highest BCUT2D eigenvalue weighted by Crippen LogP contribution is 2.22. The molecule has 1 aromatic rings. The summed E-state index contributed by atoms with van der Waals surface area (Å²) in [4.78, 5) is 20.7. The molecule has 2 rings (SSSR count). The number of likely N-dealkylation sites (N-methyl/N-ethyl adjacent to an activating group) is 2. The highest BCUT2D eigenvalue weighted by Gasteiger charge is 2.23. The van der Waals surface area contributed by atoms with Crippen molar-refractivity contribution in [3.8, 4) is 0 Å². The van der Waals surface area contributed by atoms with E-state index in [0.29, 0.717) is 12.5 Å². The van der Waals surface area contributed by atoms with Crippen molar-refractivity contribution in [3.63, 3.8) is 0 Å². The molecule has 1 N–H and O–H groups in total. The van der Waals surface area contributed by atoms with Crippen LogP contribution in [-0.2, 0) is 4.79 Å². The predicted octanol–water partition coefficient (Wildman–Crippen LogP) is 1.37. The van der Waals surface area contributed by atoms with E-state index in [-0.39, 0.29) is 5.91 Å². The van der Waals surface area contributed by atoms with E-state index in [0.717, 1.165) is 44.8 Å². The summed E-state index contributed by atoms with van der Waals surface area (Å²) in [6.07, 6.45) is 4.09. The zero-order valence-corrected chi connectivity index (χ0v) is 13.1. The van der Waals surface area contributed by atoms with Crippen LogP contribution in [0.15, 0.2) is 24.4 Å². The number of hydrogen-bond donors (Lipinski definition) is 1. The molecule has 0 atom stereocenters. The van der Waals surface area contributed by atoms with Gasteiger partial charge in [0.15, 0.2) is 0 Å². The molecule has 1 fully saturated rings. The second-order valence-electron chi connectivity index (χ2n) is 5.58. The lowest BCUT2D eigenvalue weighted by Crippen LogP contribution is -2.43. The van der Waals surface area contributed by atoms with Crippen LogP contribution >= 0.6 is 0 Å². The molecule has 1 aromatic heterocycles. The highest BCUT2D eigenvalue weighted by molar-refractivity contribution is 5.78. The molecule has 0 bridgehead atoms. The van der Waals surface area contributed by atoms with E-state index in [1.807, 2.05) is 30.3 Å². The molecule has 1 aliphatic heterocycles. The maximum Gasteiger partial charge on any atom is 0.236 e. The lowest BCUT2D eigenvalue weighted by molar-refractivity contribution is -0.130. The Kier molecular flexibility index (Phi) is 5.99. The molecule has 2 heterocycles. The minimum atomic E-state index is 0.201. The van der Waals surface area contributed by atoms with Crippen molar-refractivity contribution in [1.82, 2.24) is 15.2 Å². The molecule has 0 saturated carbocycles. The Bertz CT molecular complexity index is 429. The third kappa shape index (κ3) is 4.43. The van der Waals surface area contributed by atoms with Gasteiger partial charge in [-0.3, -0.25) is 4.79 Å². The van der Waals surface area contributed by atoms with Gasteiger partial charge in [0.05, 0.1) is 6.54 Å². The third-order valence-electron chi connectivity index (χ3n) is 4.13. The van der Waals surface area contributed by atoms with Gasteiger partial charge < -0.3 is 15.1 Å². The molecular weight excluding hydrogens is 264 g/mol. The summed E-state index contributed by atoms with van der Waals surface area (Å²) in [5, 5.41) is 2.94. The first-order valence-corrected chi connectivity index (χ1v) is 7.83. The minimum Gasteiger partial charge on any atom is -0.357 e. The van der Waals surface area contributed by atoms with Crippen LogP contribution in [0.5, 0.6) is 0 Å². The van der Waals surface area contributed by atoms with Gasteiger partial charge in [-0.05, 0) is 44.9 Å². The van der Waals surface area contributed by atoms with Gasteiger partial charge in [0.2, 0.25) is 5.91 Å². The second kappa shape index (κ2) is 7.98. The molecule has 21 heavy (non-hydrogen) atoms. The van der Waals surface area contributed by atoms with Crippen molar-refractivity contribution in [2.45, 2.75) is 19.8 Å². The van der Waals surface area contributed by atoms with Gasteiger partial charge in [0, 0.05) is 32.4 Å². The van der Waals surface area contributed by atoms with Gasteiger partial charge in [-0.25, -0.2) is 4.98 Å². The molecule has 0 radical (unpaired) electrons. The molecule has 0 aromatic carbocycles. The summed E-state index contributed by atoms with van der Waals surface area (Å²) in [6.45, 7) is 6.21. The van der Waals surface area contributed by atoms with E-state index in [9.17, 15) is 4.79 Å². The monoisotopic (exact) mass is 290 g/mol. The van der Waals surface area contributed by atoms with E-state index in [4.69, 9.17) is 0 Å². The number of anilines is 1. The van der Waals surface area contributed by atoms with Crippen LogP contribution in [0.4, 0.5) is 5.82 Å². The molecule has 0 unspecified atom stereocenters. The molecule has 1 saturated heterocycles. The topological polar surface area (TPSA) is 48.5 Å². The number of carbonyl (C=O) groups excluding carboxylic acids is 1. The summed E-state index contributed by atoms with van der Waals surface area (Å²) in [6, 6.07) is 6.04. The van der Waals surface area contributed by atoms with Crippen LogP contribution in [0.3, 0.4) is 0 Å². The Balaban J connectivity index is 1.82. The molecule has 5 nitrogen and oxygen atoms in total. The van der Waals surface area contributed by atoms with Gasteiger partial charge in [-0.15, -0.1) is 0 Å². The summed E-state index contributed by atoms with van der Waals surface area (Å²) >= 11 is 0. The van der Waals surface area contributed by atoms with Gasteiger partial charge in [-0.1, -0.05) is 6.07 Å². The van der Waals surface area contributed by atoms with E-state index in [1.54, 1.807) is 0 Å². The zero-order valence-electron chi connectivity index (χ0n) is 13.1. The first-order chi connectivity index (χ1) is 10.2. The molecular formula is C16H26N4O. The zero-order chi connectivity index (χ0) is 15.1. The van der Waals surface area contributed by atoms with Crippen molar-refractivity contribution >= 4 is 11.7 Å². The Morgan fingerprint density at radius 2 is 2.19 bits per heavy atom. The smallest absolute Gasteiger partial charge is 0.236 e. The number of hydrogen-bond acceptors (Lipinski definition) is 4. The molecule has 116 valence electrons. The van der Waals surface area contributed by atoms with Gasteiger partial charge in [-0.2, -0.15) is 0 Å². The van der Waals surface area contributed by atoms with Crippen LogP contribution in [0.1, 0.15) is 19.8 Å². The fraction of sp³-hybridized carbons (Fsp3) is 0.625. The Labute approximate surface area is 127 Å². The van der Waals surface area contributed by atoms with Crippen LogP contribution in [0.25, 0.3) is 0 Å². The Morgan fingerprint density at radius 3 is 2.76 bits per heavy atom. The number of nitrogens with one attached hydrogen (secondary N) is 1. The Hall–Kier alpha value is -1.62. The van der Waals surface area contributed by atoms with Gasteiger partial charge in [0.1, 0.15) is 5.82 Å². The number of rotatable bonds is 6. The van der Waals surface area contributed by atoms with E-state index in [2.05, 4.69) is 28.2 Å². The lowest BCUT2D eigenvalue weighted by atomic mass is 9.96. The number of aromatic nitrogens is 1. The van der Waals surface area contributed by atoms with Crippen molar-refractivity contribution < 1.29 is 4.79 Å². The Morgan fingerprint density at radius 1 is 1.43 bits per heavy atom. The van der Waals surface area contributed by atoms with Crippen LogP contribution in [0.2, 0.25) is 0 Å². The number of carbonyl (C=O) groups is 1. The second-order valence-corrected chi connectivity index (χ2v) is 5.58. The summed E-state index contributed by atoms with van der Waals surface area (Å²) in [5.74, 6) is 1.87.